The minimum atomic E-state index is -0.00782. The third-order valence-electron chi connectivity index (χ3n) is 6.05. The van der Waals surface area contributed by atoms with Crippen molar-refractivity contribution in [2.45, 2.75) is 12.5 Å². The molecule has 1 atom stereocenters. The van der Waals surface area contributed by atoms with Crippen molar-refractivity contribution in [2.75, 3.05) is 20.1 Å². The molecule has 5 N–H and O–H groups in total. The van der Waals surface area contributed by atoms with Crippen molar-refractivity contribution in [2.24, 2.45) is 18.6 Å². The first-order chi connectivity index (χ1) is 15.4. The number of hydrogen-bond acceptors (Lipinski definition) is 7. The van der Waals surface area contributed by atoms with Crippen LogP contribution in [0, 0.1) is 0 Å². The molecule has 5 rings (SSSR count). The van der Waals surface area contributed by atoms with Gasteiger partial charge in [-0.1, -0.05) is 12.1 Å². The molecule has 4 aromatic rings. The van der Waals surface area contributed by atoms with E-state index in [0.717, 1.165) is 52.6 Å². The molecule has 4 heterocycles. The predicted molar refractivity (Wildman–Crippen MR) is 126 cm³/mol. The van der Waals surface area contributed by atoms with E-state index >= 15 is 0 Å². The Hall–Kier alpha value is -3.69. The Morgan fingerprint density at radius 3 is 2.72 bits per heavy atom. The fraction of sp³-hybridized carbons (Fsp3) is 0.261. The van der Waals surface area contributed by atoms with Crippen molar-refractivity contribution >= 4 is 27.6 Å². The molecule has 0 radical (unpaired) electrons. The molecule has 0 amide bonds. The summed E-state index contributed by atoms with van der Waals surface area (Å²) in [6.07, 6.45) is 6.13. The van der Waals surface area contributed by atoms with E-state index in [4.69, 9.17) is 11.6 Å². The molecule has 1 aliphatic rings. The van der Waals surface area contributed by atoms with Crippen molar-refractivity contribution in [3.8, 4) is 11.1 Å². The van der Waals surface area contributed by atoms with Crippen molar-refractivity contribution in [3.05, 3.63) is 65.1 Å². The summed E-state index contributed by atoms with van der Waals surface area (Å²) in [7, 11) is 3.51. The van der Waals surface area contributed by atoms with Crippen LogP contribution in [0.5, 0.6) is 0 Å². The molecule has 1 aliphatic heterocycles. The van der Waals surface area contributed by atoms with Gasteiger partial charge in [-0.3, -0.25) is 19.1 Å². The highest BCUT2D eigenvalue weighted by atomic mass is 16.1. The van der Waals surface area contributed by atoms with E-state index in [-0.39, 0.29) is 11.7 Å². The Morgan fingerprint density at radius 2 is 2.03 bits per heavy atom. The second-order valence-electron chi connectivity index (χ2n) is 8.26. The van der Waals surface area contributed by atoms with E-state index in [9.17, 15) is 4.79 Å². The molecular formula is C23H26N8O. The molecule has 1 saturated heterocycles. The van der Waals surface area contributed by atoms with Gasteiger partial charge in [0, 0.05) is 44.0 Å². The van der Waals surface area contributed by atoms with Crippen molar-refractivity contribution in [3.63, 3.8) is 0 Å². The van der Waals surface area contributed by atoms with Gasteiger partial charge in [-0.05, 0) is 36.7 Å². The van der Waals surface area contributed by atoms with E-state index in [1.165, 1.54) is 5.01 Å². The number of nitrogens with one attached hydrogen (secondary N) is 1. The van der Waals surface area contributed by atoms with Crippen LogP contribution in [0.3, 0.4) is 0 Å². The van der Waals surface area contributed by atoms with Gasteiger partial charge in [0.2, 0.25) is 0 Å². The van der Waals surface area contributed by atoms with Gasteiger partial charge in [0.1, 0.15) is 0 Å². The molecule has 0 saturated carbocycles. The molecule has 3 aromatic heterocycles. The Balaban J connectivity index is 1.66. The monoisotopic (exact) mass is 430 g/mol. The Kier molecular flexibility index (Phi) is 4.91. The second-order valence-corrected chi connectivity index (χ2v) is 8.26. The van der Waals surface area contributed by atoms with Gasteiger partial charge in [-0.15, -0.1) is 0 Å². The molecule has 0 aliphatic carbocycles. The van der Waals surface area contributed by atoms with Crippen LogP contribution in [-0.2, 0) is 7.05 Å². The minimum absolute atomic E-state index is 0.00782. The maximum Gasteiger partial charge on any atom is 0.329 e. The number of pyridine rings is 2. The van der Waals surface area contributed by atoms with E-state index in [2.05, 4.69) is 21.4 Å². The molecule has 1 fully saturated rings. The van der Waals surface area contributed by atoms with E-state index < -0.39 is 0 Å². The lowest BCUT2D eigenvalue weighted by molar-refractivity contribution is 0.485. The molecule has 0 bridgehead atoms. The normalized spacial score (nSPS) is 16.8. The van der Waals surface area contributed by atoms with Crippen molar-refractivity contribution in [1.29, 1.82) is 0 Å². The Bertz CT molecular complexity index is 1390. The van der Waals surface area contributed by atoms with Gasteiger partial charge in [-0.2, -0.15) is 0 Å². The number of aromatic nitrogens is 4. The van der Waals surface area contributed by atoms with Crippen molar-refractivity contribution < 1.29 is 0 Å². The number of fused-ring (bicyclic) bond motifs is 3. The summed E-state index contributed by atoms with van der Waals surface area (Å²) >= 11 is 0. The maximum atomic E-state index is 13.1. The van der Waals surface area contributed by atoms with E-state index in [1.807, 2.05) is 28.8 Å². The number of aryl methyl sites for hydroxylation is 1. The van der Waals surface area contributed by atoms with Crippen molar-refractivity contribution in [1.82, 2.24) is 29.4 Å². The van der Waals surface area contributed by atoms with Crippen LogP contribution in [0.4, 0.5) is 0 Å². The number of rotatable bonds is 4. The van der Waals surface area contributed by atoms with Gasteiger partial charge in [0.25, 0.3) is 0 Å². The lowest BCUT2D eigenvalue weighted by atomic mass is 10.0. The quantitative estimate of drug-likeness (QED) is 0.332. The lowest BCUT2D eigenvalue weighted by Gasteiger charge is -2.12. The predicted octanol–water partition coefficient (Wildman–Crippen LogP) is 1.55. The van der Waals surface area contributed by atoms with Crippen LogP contribution >= 0.6 is 0 Å². The largest absolute Gasteiger partial charge is 0.396 e. The first-order valence-corrected chi connectivity index (χ1v) is 10.6. The highest BCUT2D eigenvalue weighted by molar-refractivity contribution is 6.04. The average molecular weight is 431 g/mol. The first kappa shape index (κ1) is 20.2. The second kappa shape index (κ2) is 7.77. The van der Waals surface area contributed by atoms with Gasteiger partial charge < -0.3 is 16.1 Å². The number of benzene rings is 1. The molecule has 0 spiro atoms. The number of hydrazine groups is 1. The summed E-state index contributed by atoms with van der Waals surface area (Å²) in [6.45, 7) is 1.71. The minimum Gasteiger partial charge on any atom is -0.396 e. The van der Waals surface area contributed by atoms with Crippen LogP contribution in [0.2, 0.25) is 0 Å². The topological polar surface area (TPSA) is 120 Å². The van der Waals surface area contributed by atoms with Crippen LogP contribution < -0.4 is 22.6 Å². The van der Waals surface area contributed by atoms with Gasteiger partial charge >= 0.3 is 5.69 Å². The maximum absolute atomic E-state index is 13.1. The van der Waals surface area contributed by atoms with Gasteiger partial charge in [0.15, 0.2) is 0 Å². The summed E-state index contributed by atoms with van der Waals surface area (Å²) in [4.78, 5) is 22.2. The molecule has 1 aromatic carbocycles. The number of nitrogens with two attached hydrogens (primary N) is 2. The third kappa shape index (κ3) is 3.31. The fourth-order valence-corrected chi connectivity index (χ4v) is 4.43. The summed E-state index contributed by atoms with van der Waals surface area (Å²) in [5.41, 5.74) is 11.8. The Morgan fingerprint density at radius 1 is 1.22 bits per heavy atom. The molecule has 164 valence electrons. The highest BCUT2D eigenvalue weighted by Crippen LogP contribution is 2.30. The molecule has 9 heteroatoms. The van der Waals surface area contributed by atoms with Crippen LogP contribution in [0.1, 0.15) is 18.2 Å². The molecular weight excluding hydrogens is 404 g/mol. The summed E-state index contributed by atoms with van der Waals surface area (Å²) in [6, 6.07) is 10.1. The Labute approximate surface area is 184 Å². The smallest absolute Gasteiger partial charge is 0.329 e. The number of nitrogens with zero attached hydrogens (tertiary/aromatic N) is 5. The van der Waals surface area contributed by atoms with Gasteiger partial charge in [0.05, 0.1) is 40.2 Å². The molecule has 9 nitrogen and oxygen atoms in total. The van der Waals surface area contributed by atoms with E-state index in [0.29, 0.717) is 11.4 Å². The zero-order chi connectivity index (χ0) is 22.4. The summed E-state index contributed by atoms with van der Waals surface area (Å²) in [5, 5.41) is 5.72. The molecule has 32 heavy (non-hydrogen) atoms. The van der Waals surface area contributed by atoms with E-state index in [1.54, 1.807) is 37.3 Å². The lowest BCUT2D eigenvalue weighted by Crippen LogP contribution is -2.27. The van der Waals surface area contributed by atoms with Crippen LogP contribution in [0.25, 0.3) is 38.8 Å². The number of imidazole rings is 1. The zero-order valence-corrected chi connectivity index (χ0v) is 18.1. The first-order valence-electron chi connectivity index (χ1n) is 10.6. The van der Waals surface area contributed by atoms with Crippen LogP contribution in [0.15, 0.2) is 53.7 Å². The SMILES string of the molecule is CN(N)/C=C(\N)c1ccc(-c2ccc3ncc4c(c3c2)n(C2CCNC2)c(=O)n4C)cn1. The molecule has 1 unspecified atom stereocenters. The average Bonchev–Trinajstić information content (AvgIpc) is 3.40. The standard InChI is InChI=1S/C23H26N8O/c1-29(25)13-18(24)20-6-4-15(10-27-20)14-3-5-19-17(9-14)22-21(12-28-19)30(2)23(32)31(22)16-7-8-26-11-16/h3-6,9-10,12-13,16,26H,7-8,11,24-25H2,1-2H3/b18-13-. The third-order valence-corrected chi connectivity index (χ3v) is 6.05. The van der Waals surface area contributed by atoms with Gasteiger partial charge in [-0.25, -0.2) is 10.6 Å². The zero-order valence-electron chi connectivity index (χ0n) is 18.1. The summed E-state index contributed by atoms with van der Waals surface area (Å²) < 4.78 is 3.62. The highest BCUT2D eigenvalue weighted by Gasteiger charge is 2.24. The van der Waals surface area contributed by atoms with Crippen LogP contribution in [-0.4, -0.2) is 44.2 Å². The summed E-state index contributed by atoms with van der Waals surface area (Å²) in [5.74, 6) is 5.63. The number of hydrogen-bond donors (Lipinski definition) is 3. The fourth-order valence-electron chi connectivity index (χ4n) is 4.43.